The van der Waals surface area contributed by atoms with Crippen molar-refractivity contribution in [3.05, 3.63) is 23.3 Å². The lowest BCUT2D eigenvalue weighted by Gasteiger charge is -2.64. The molecule has 1 heterocycles. The molecule has 5 aliphatic rings. The number of aliphatic hydroxyl groups is 3. The van der Waals surface area contributed by atoms with Gasteiger partial charge in [-0.05, 0) is 42.6 Å². The molecule has 4 aliphatic carbocycles. The quantitative estimate of drug-likeness (QED) is 0.636. The molecular formula is C21H30O4. The fraction of sp³-hybridized carbons (Fsp3) is 0.810. The van der Waals surface area contributed by atoms with E-state index in [1.165, 1.54) is 5.57 Å². The van der Waals surface area contributed by atoms with Crippen molar-refractivity contribution in [3.8, 4) is 0 Å². The van der Waals surface area contributed by atoms with Crippen LogP contribution in [0.1, 0.15) is 40.5 Å². The van der Waals surface area contributed by atoms with Crippen molar-refractivity contribution in [3.63, 3.8) is 0 Å². The van der Waals surface area contributed by atoms with Crippen LogP contribution in [0.5, 0.6) is 0 Å². The summed E-state index contributed by atoms with van der Waals surface area (Å²) < 4.78 is 6.23. The molecule has 0 amide bonds. The van der Waals surface area contributed by atoms with Crippen LogP contribution < -0.4 is 0 Å². The first-order chi connectivity index (χ1) is 11.7. The summed E-state index contributed by atoms with van der Waals surface area (Å²) in [5.74, 6) is 0.969. The van der Waals surface area contributed by atoms with E-state index in [1.807, 2.05) is 6.08 Å². The predicted octanol–water partition coefficient (Wildman–Crippen LogP) is 2.04. The molecule has 8 atom stereocenters. The molecule has 5 rings (SSSR count). The molecule has 3 fully saturated rings. The Morgan fingerprint density at radius 3 is 2.56 bits per heavy atom. The van der Waals surface area contributed by atoms with E-state index in [4.69, 9.17) is 4.74 Å². The molecule has 138 valence electrons. The molecule has 0 aromatic rings. The average molecular weight is 346 g/mol. The number of hydrogen-bond donors (Lipinski definition) is 3. The van der Waals surface area contributed by atoms with Crippen molar-refractivity contribution in [2.75, 3.05) is 13.2 Å². The SMILES string of the molecule is CC1=CC23CCC4C(C(C=C(CO)C(O)C25OCC15C)C3O)C4(C)C. The maximum absolute atomic E-state index is 11.7. The summed E-state index contributed by atoms with van der Waals surface area (Å²) in [6, 6.07) is 0. The molecule has 8 unspecified atom stereocenters. The van der Waals surface area contributed by atoms with Gasteiger partial charge in [0, 0.05) is 16.7 Å². The van der Waals surface area contributed by atoms with E-state index >= 15 is 0 Å². The highest BCUT2D eigenvalue weighted by atomic mass is 16.5. The van der Waals surface area contributed by atoms with Crippen LogP contribution in [-0.4, -0.2) is 46.3 Å². The Labute approximate surface area is 149 Å². The third kappa shape index (κ3) is 1.46. The van der Waals surface area contributed by atoms with E-state index in [0.717, 1.165) is 12.8 Å². The number of aliphatic hydroxyl groups excluding tert-OH is 3. The van der Waals surface area contributed by atoms with Crippen molar-refractivity contribution < 1.29 is 20.1 Å². The normalized spacial score (nSPS) is 57.8. The van der Waals surface area contributed by atoms with Crippen molar-refractivity contribution in [2.45, 2.75) is 58.3 Å². The Bertz CT molecular complexity index is 709. The van der Waals surface area contributed by atoms with E-state index in [1.54, 1.807) is 0 Å². The first-order valence-corrected chi connectivity index (χ1v) is 9.69. The molecule has 3 N–H and O–H groups in total. The Morgan fingerprint density at radius 2 is 1.96 bits per heavy atom. The second-order valence-corrected chi connectivity index (χ2v) is 10.0. The number of ether oxygens (including phenoxy) is 1. The van der Waals surface area contributed by atoms with Gasteiger partial charge in [0.05, 0.1) is 19.3 Å². The van der Waals surface area contributed by atoms with E-state index in [0.29, 0.717) is 24.0 Å². The third-order valence-electron chi connectivity index (χ3n) is 9.08. The van der Waals surface area contributed by atoms with Gasteiger partial charge in [0.25, 0.3) is 0 Å². The number of hydrogen-bond acceptors (Lipinski definition) is 4. The minimum absolute atomic E-state index is 0.0331. The summed E-state index contributed by atoms with van der Waals surface area (Å²) in [4.78, 5) is 0. The largest absolute Gasteiger partial charge is 0.392 e. The Kier molecular flexibility index (Phi) is 2.91. The fourth-order valence-corrected chi connectivity index (χ4v) is 7.47. The van der Waals surface area contributed by atoms with Gasteiger partial charge in [-0.15, -0.1) is 0 Å². The fourth-order valence-electron chi connectivity index (χ4n) is 7.47. The number of rotatable bonds is 1. The van der Waals surface area contributed by atoms with Gasteiger partial charge >= 0.3 is 0 Å². The zero-order chi connectivity index (χ0) is 18.0. The zero-order valence-corrected chi connectivity index (χ0v) is 15.6. The minimum atomic E-state index is -0.872. The predicted molar refractivity (Wildman–Crippen MR) is 93.6 cm³/mol. The average Bonchev–Trinajstić information content (AvgIpc) is 3.11. The first-order valence-electron chi connectivity index (χ1n) is 9.69. The smallest absolute Gasteiger partial charge is 0.121 e. The van der Waals surface area contributed by atoms with Crippen LogP contribution >= 0.6 is 0 Å². The molecule has 25 heavy (non-hydrogen) atoms. The van der Waals surface area contributed by atoms with E-state index in [9.17, 15) is 15.3 Å². The molecule has 2 spiro atoms. The molecule has 0 aromatic carbocycles. The van der Waals surface area contributed by atoms with Gasteiger partial charge in [-0.3, -0.25) is 0 Å². The molecular weight excluding hydrogens is 316 g/mol. The zero-order valence-electron chi connectivity index (χ0n) is 15.6. The van der Waals surface area contributed by atoms with Crippen LogP contribution in [-0.2, 0) is 4.74 Å². The van der Waals surface area contributed by atoms with Crippen LogP contribution in [0, 0.1) is 34.0 Å². The summed E-state index contributed by atoms with van der Waals surface area (Å²) in [6.45, 7) is 9.23. The van der Waals surface area contributed by atoms with Crippen LogP contribution in [0.2, 0.25) is 0 Å². The highest BCUT2D eigenvalue weighted by Gasteiger charge is 2.80. The monoisotopic (exact) mass is 346 g/mol. The molecule has 1 saturated heterocycles. The molecule has 0 radical (unpaired) electrons. The molecule has 1 aliphatic heterocycles. The van der Waals surface area contributed by atoms with Gasteiger partial charge in [-0.25, -0.2) is 0 Å². The highest BCUT2D eigenvalue weighted by molar-refractivity contribution is 5.47. The first kappa shape index (κ1) is 16.5. The van der Waals surface area contributed by atoms with Crippen LogP contribution in [0.15, 0.2) is 23.3 Å². The summed E-state index contributed by atoms with van der Waals surface area (Å²) >= 11 is 0. The van der Waals surface area contributed by atoms with Crippen molar-refractivity contribution in [2.24, 2.45) is 34.0 Å². The second kappa shape index (κ2) is 4.41. The van der Waals surface area contributed by atoms with E-state index < -0.39 is 23.2 Å². The van der Waals surface area contributed by atoms with Gasteiger partial charge in [0.2, 0.25) is 0 Å². The molecule has 4 heteroatoms. The lowest BCUT2D eigenvalue weighted by atomic mass is 9.53. The molecule has 0 aromatic heterocycles. The van der Waals surface area contributed by atoms with Crippen LogP contribution in [0.4, 0.5) is 0 Å². The molecule has 2 saturated carbocycles. The van der Waals surface area contributed by atoms with Crippen molar-refractivity contribution in [1.82, 2.24) is 0 Å². The van der Waals surface area contributed by atoms with Gasteiger partial charge < -0.3 is 20.1 Å². The topological polar surface area (TPSA) is 69.9 Å². The number of fused-ring (bicyclic) bond motifs is 3. The summed E-state index contributed by atoms with van der Waals surface area (Å²) in [5, 5.41) is 33.0. The van der Waals surface area contributed by atoms with Gasteiger partial charge in [0.15, 0.2) is 0 Å². The van der Waals surface area contributed by atoms with Crippen LogP contribution in [0.25, 0.3) is 0 Å². The van der Waals surface area contributed by atoms with Gasteiger partial charge in [-0.1, -0.05) is 38.5 Å². The van der Waals surface area contributed by atoms with E-state index in [-0.39, 0.29) is 23.4 Å². The van der Waals surface area contributed by atoms with Gasteiger partial charge in [-0.2, -0.15) is 0 Å². The van der Waals surface area contributed by atoms with Gasteiger partial charge in [0.1, 0.15) is 11.7 Å². The second-order valence-electron chi connectivity index (χ2n) is 10.0. The Hall–Kier alpha value is -0.680. The minimum Gasteiger partial charge on any atom is -0.392 e. The maximum Gasteiger partial charge on any atom is 0.121 e. The highest BCUT2D eigenvalue weighted by Crippen LogP contribution is 2.76. The summed E-state index contributed by atoms with van der Waals surface area (Å²) in [7, 11) is 0. The Balaban J connectivity index is 1.75. The third-order valence-corrected chi connectivity index (χ3v) is 9.08. The van der Waals surface area contributed by atoms with E-state index in [2.05, 4.69) is 33.8 Å². The van der Waals surface area contributed by atoms with Crippen molar-refractivity contribution >= 4 is 0 Å². The molecule has 4 nitrogen and oxygen atoms in total. The van der Waals surface area contributed by atoms with Crippen LogP contribution in [0.3, 0.4) is 0 Å². The lowest BCUT2D eigenvalue weighted by molar-refractivity contribution is -0.325. The van der Waals surface area contributed by atoms with Crippen molar-refractivity contribution in [1.29, 1.82) is 0 Å². The molecule has 2 bridgehead atoms. The standard InChI is InChI=1S/C21H30O4/c1-11-8-20-6-5-14-15(18(14,2)3)13(17(20)24)7-12(9-22)16(23)21(20)19(11,4)10-25-21/h7-8,13-17,22-24H,5-6,9-10H2,1-4H3. The summed E-state index contributed by atoms with van der Waals surface area (Å²) in [6.07, 6.45) is 4.67. The summed E-state index contributed by atoms with van der Waals surface area (Å²) in [5.41, 5.74) is 0.376. The lowest BCUT2D eigenvalue weighted by Crippen LogP contribution is -2.74. The maximum atomic E-state index is 11.7. The Morgan fingerprint density at radius 1 is 1.24 bits per heavy atom.